The second-order valence-electron chi connectivity index (χ2n) is 7.10. The van der Waals surface area contributed by atoms with Crippen LogP contribution in [0.4, 0.5) is 20.6 Å². The highest BCUT2D eigenvalue weighted by molar-refractivity contribution is 5.90. The van der Waals surface area contributed by atoms with E-state index in [1.54, 1.807) is 20.8 Å². The Morgan fingerprint density at radius 2 is 1.83 bits per heavy atom. The molecule has 29 heavy (non-hydrogen) atoms. The van der Waals surface area contributed by atoms with Gasteiger partial charge >= 0.3 is 6.09 Å². The third-order valence-corrected chi connectivity index (χ3v) is 3.63. The number of ether oxygens (including phenoxy) is 3. The number of hydrogen-bond acceptors (Lipinski definition) is 6. The van der Waals surface area contributed by atoms with E-state index < -0.39 is 22.4 Å². The Kier molecular flexibility index (Phi) is 7.11. The first-order chi connectivity index (χ1) is 13.6. The number of nitrogens with zero attached hydrogens (tertiary/aromatic N) is 1. The molecule has 0 spiro atoms. The van der Waals surface area contributed by atoms with Crippen molar-refractivity contribution in [2.24, 2.45) is 0 Å². The molecule has 0 aliphatic rings. The van der Waals surface area contributed by atoms with Crippen LogP contribution in [0.3, 0.4) is 0 Å². The molecule has 2 aromatic carbocycles. The van der Waals surface area contributed by atoms with Crippen molar-refractivity contribution in [3.63, 3.8) is 0 Å². The fourth-order valence-electron chi connectivity index (χ4n) is 2.44. The number of halogens is 1. The van der Waals surface area contributed by atoms with Gasteiger partial charge in [0, 0.05) is 24.8 Å². The highest BCUT2D eigenvalue weighted by atomic mass is 19.1. The van der Waals surface area contributed by atoms with E-state index in [0.29, 0.717) is 11.1 Å². The zero-order valence-corrected chi connectivity index (χ0v) is 16.7. The van der Waals surface area contributed by atoms with Gasteiger partial charge in [0.15, 0.2) is 0 Å². The van der Waals surface area contributed by atoms with Crippen molar-refractivity contribution >= 4 is 17.5 Å². The summed E-state index contributed by atoms with van der Waals surface area (Å²) in [6.07, 6.45) is -0.835. The number of amides is 1. The SMILES string of the molecule is COCCOc1cc(NC(=O)OC(C)(C)C)c([N+](=O)[O-])cc1-c1ccc(F)cc1. The summed E-state index contributed by atoms with van der Waals surface area (Å²) in [6, 6.07) is 8.06. The van der Waals surface area contributed by atoms with Gasteiger partial charge in [0.05, 0.1) is 11.5 Å². The molecule has 0 atom stereocenters. The minimum Gasteiger partial charge on any atom is -0.490 e. The smallest absolute Gasteiger partial charge is 0.412 e. The van der Waals surface area contributed by atoms with Crippen LogP contribution < -0.4 is 10.1 Å². The Hall–Kier alpha value is -3.20. The molecule has 0 aliphatic heterocycles. The Morgan fingerprint density at radius 1 is 1.17 bits per heavy atom. The number of rotatable bonds is 7. The topological polar surface area (TPSA) is 99.9 Å². The maximum atomic E-state index is 13.3. The molecule has 0 radical (unpaired) electrons. The first-order valence-electron chi connectivity index (χ1n) is 8.81. The number of nitro benzene ring substituents is 1. The Balaban J connectivity index is 2.50. The molecule has 0 unspecified atom stereocenters. The molecule has 1 amide bonds. The molecule has 0 bridgehead atoms. The number of nitro groups is 1. The standard InChI is InChI=1S/C20H23FN2O6/c1-20(2,3)29-19(24)22-16-12-18(28-10-9-27-4)15(11-17(16)23(25)26)13-5-7-14(21)8-6-13/h5-8,11-12H,9-10H2,1-4H3,(H,22,24). The van der Waals surface area contributed by atoms with Crippen LogP contribution in [-0.4, -0.2) is 36.9 Å². The van der Waals surface area contributed by atoms with Gasteiger partial charge in [0.25, 0.3) is 5.69 Å². The van der Waals surface area contributed by atoms with Gasteiger partial charge in [-0.2, -0.15) is 0 Å². The molecule has 0 heterocycles. The number of anilines is 1. The molecule has 0 fully saturated rings. The van der Waals surface area contributed by atoms with Gasteiger partial charge in [0.2, 0.25) is 0 Å². The minimum absolute atomic E-state index is 0.0810. The van der Waals surface area contributed by atoms with Crippen molar-refractivity contribution in [3.8, 4) is 16.9 Å². The summed E-state index contributed by atoms with van der Waals surface area (Å²) in [4.78, 5) is 23.1. The number of hydrogen-bond donors (Lipinski definition) is 1. The third kappa shape index (κ3) is 6.42. The van der Waals surface area contributed by atoms with Crippen LogP contribution in [0.15, 0.2) is 36.4 Å². The molecule has 156 valence electrons. The fraction of sp³-hybridized carbons (Fsp3) is 0.350. The van der Waals surface area contributed by atoms with Crippen LogP contribution in [0.5, 0.6) is 5.75 Å². The Labute approximate surface area is 167 Å². The van der Waals surface area contributed by atoms with Crippen molar-refractivity contribution in [1.29, 1.82) is 0 Å². The van der Waals surface area contributed by atoms with Gasteiger partial charge in [-0.1, -0.05) is 12.1 Å². The molecule has 0 aliphatic carbocycles. The van der Waals surface area contributed by atoms with Crippen LogP contribution in [0.1, 0.15) is 20.8 Å². The summed E-state index contributed by atoms with van der Waals surface area (Å²) in [5, 5.41) is 14.0. The largest absolute Gasteiger partial charge is 0.490 e. The van der Waals surface area contributed by atoms with Crippen molar-refractivity contribution in [1.82, 2.24) is 0 Å². The van der Waals surface area contributed by atoms with Gasteiger partial charge in [-0.05, 0) is 38.5 Å². The van der Waals surface area contributed by atoms with E-state index >= 15 is 0 Å². The van der Waals surface area contributed by atoms with E-state index in [1.165, 1.54) is 43.5 Å². The lowest BCUT2D eigenvalue weighted by atomic mass is 10.0. The van der Waals surface area contributed by atoms with E-state index in [0.717, 1.165) is 0 Å². The summed E-state index contributed by atoms with van der Waals surface area (Å²) in [7, 11) is 1.51. The number of benzene rings is 2. The van der Waals surface area contributed by atoms with E-state index in [-0.39, 0.29) is 30.3 Å². The minimum atomic E-state index is -0.835. The predicted molar refractivity (Wildman–Crippen MR) is 106 cm³/mol. The summed E-state index contributed by atoms with van der Waals surface area (Å²) < 4.78 is 29.1. The molecular weight excluding hydrogens is 383 g/mol. The maximum Gasteiger partial charge on any atom is 0.412 e. The summed E-state index contributed by atoms with van der Waals surface area (Å²) >= 11 is 0. The van der Waals surface area contributed by atoms with Gasteiger partial charge < -0.3 is 14.2 Å². The van der Waals surface area contributed by atoms with Crippen LogP contribution >= 0.6 is 0 Å². The zero-order valence-electron chi connectivity index (χ0n) is 16.7. The molecule has 1 N–H and O–H groups in total. The summed E-state index contributed by atoms with van der Waals surface area (Å²) in [6.45, 7) is 5.50. The molecular formula is C20H23FN2O6. The van der Waals surface area contributed by atoms with Crippen molar-refractivity contribution in [2.75, 3.05) is 25.6 Å². The predicted octanol–water partition coefficient (Wildman–Crippen LogP) is 4.77. The lowest BCUT2D eigenvalue weighted by molar-refractivity contribution is -0.383. The van der Waals surface area contributed by atoms with Gasteiger partial charge in [-0.15, -0.1) is 0 Å². The highest BCUT2D eigenvalue weighted by Gasteiger charge is 2.24. The fourth-order valence-corrected chi connectivity index (χ4v) is 2.44. The van der Waals surface area contributed by atoms with Gasteiger partial charge in [-0.25, -0.2) is 9.18 Å². The lowest BCUT2D eigenvalue weighted by Gasteiger charge is -2.20. The van der Waals surface area contributed by atoms with Gasteiger partial charge in [-0.3, -0.25) is 15.4 Å². The number of nitrogens with one attached hydrogen (secondary N) is 1. The molecule has 0 aromatic heterocycles. The molecule has 8 nitrogen and oxygen atoms in total. The molecule has 2 rings (SSSR count). The second kappa shape index (κ2) is 9.33. The Morgan fingerprint density at radius 3 is 2.38 bits per heavy atom. The maximum absolute atomic E-state index is 13.3. The third-order valence-electron chi connectivity index (χ3n) is 3.63. The molecule has 0 saturated heterocycles. The number of methoxy groups -OCH3 is 1. The van der Waals surface area contributed by atoms with E-state index in [1.807, 2.05) is 0 Å². The lowest BCUT2D eigenvalue weighted by Crippen LogP contribution is -2.27. The highest BCUT2D eigenvalue weighted by Crippen LogP contribution is 2.39. The van der Waals surface area contributed by atoms with Crippen LogP contribution in [0.2, 0.25) is 0 Å². The van der Waals surface area contributed by atoms with E-state index in [9.17, 15) is 19.3 Å². The summed E-state index contributed by atoms with van der Waals surface area (Å²) in [5.74, 6) is -0.168. The van der Waals surface area contributed by atoms with Crippen molar-refractivity contribution in [2.45, 2.75) is 26.4 Å². The number of carbonyl (C=O) groups is 1. The van der Waals surface area contributed by atoms with Crippen LogP contribution in [0.25, 0.3) is 11.1 Å². The average molecular weight is 406 g/mol. The first kappa shape index (κ1) is 22.1. The van der Waals surface area contributed by atoms with Crippen LogP contribution in [0, 0.1) is 15.9 Å². The van der Waals surface area contributed by atoms with Crippen molar-refractivity contribution in [3.05, 3.63) is 52.3 Å². The quantitative estimate of drug-likeness (QED) is 0.404. The van der Waals surface area contributed by atoms with Crippen LogP contribution in [-0.2, 0) is 9.47 Å². The monoisotopic (exact) mass is 406 g/mol. The Bertz CT molecular complexity index is 878. The van der Waals surface area contributed by atoms with Crippen molar-refractivity contribution < 1.29 is 28.3 Å². The van der Waals surface area contributed by atoms with Gasteiger partial charge in [0.1, 0.15) is 29.5 Å². The summed E-state index contributed by atoms with van der Waals surface area (Å²) in [5.41, 5.74) is -0.310. The second-order valence-corrected chi connectivity index (χ2v) is 7.10. The van der Waals surface area contributed by atoms with E-state index in [4.69, 9.17) is 14.2 Å². The normalized spacial score (nSPS) is 11.1. The first-order valence-corrected chi connectivity index (χ1v) is 8.81. The molecule has 9 heteroatoms. The average Bonchev–Trinajstić information content (AvgIpc) is 2.61. The molecule has 0 saturated carbocycles. The zero-order chi connectivity index (χ0) is 21.6. The molecule has 2 aromatic rings. The van der Waals surface area contributed by atoms with E-state index in [2.05, 4.69) is 5.32 Å². The number of carbonyl (C=O) groups excluding carboxylic acids is 1.